The number of ether oxygens (including phenoxy) is 5. The maximum atomic E-state index is 11.6. The smallest absolute Gasteiger partial charge is 0.220 e. The van der Waals surface area contributed by atoms with Crippen LogP contribution in [0.3, 0.4) is 0 Å². The maximum Gasteiger partial charge on any atom is 0.220 e. The molecule has 0 spiro atoms. The summed E-state index contributed by atoms with van der Waals surface area (Å²) in [4.78, 5) is 77.8. The van der Waals surface area contributed by atoms with E-state index >= 15 is 0 Å². The summed E-state index contributed by atoms with van der Waals surface area (Å²) < 4.78 is 26.4. The minimum atomic E-state index is -0.353. The molecule has 10 fully saturated rings. The van der Waals surface area contributed by atoms with E-state index in [9.17, 15) is 15.2 Å². The third-order valence-electron chi connectivity index (χ3n) is 32.1. The molecular weight excluding hydrogens is 1870 g/mol. The second-order valence-corrected chi connectivity index (χ2v) is 43.3. The third-order valence-corrected chi connectivity index (χ3v) is 32.1. The Labute approximate surface area is 898 Å². The molecule has 150 heavy (non-hydrogen) atoms. The molecule has 20 rings (SSSR count). The normalized spacial score (nSPS) is 19.8. The number of methoxy groups -OCH3 is 5. The SMILES string of the molecule is CN1CCC(C#N)(c2ccccn2)CC1.CN1CCC(C2=CC=CCC2=O)CC1.CN1CCC(c2bcccc2O)CC1.CN1CCC(c2ccnc(N)n2)CC1.CN1CCC(c2nccc(N)n2)CC1.COc1cc(C)c(C2CCN(C)CC2)cn1.COc1ncc(C)cc1C1CCN(C)CC1.COc1ncc(C2CCN(C)CC2)cc1C.COc1nccc(C)c1C1CCN(C)CC1.COc1ncccc1C1CCN(C)CC1. The van der Waals surface area contributed by atoms with Crippen LogP contribution in [0.4, 0.5) is 11.8 Å². The van der Waals surface area contributed by atoms with Crippen molar-refractivity contribution >= 4 is 24.5 Å². The second-order valence-electron chi connectivity index (χ2n) is 43.3. The van der Waals surface area contributed by atoms with Crippen molar-refractivity contribution in [3.05, 3.63) is 231 Å². The molecule has 0 bridgehead atoms. The summed E-state index contributed by atoms with van der Waals surface area (Å²) in [5, 5.41) is 19.1. The molecule has 0 atom stereocenters. The van der Waals surface area contributed by atoms with Gasteiger partial charge in [0, 0.05) is 102 Å². The number of carbonyl (C=O) groups is 1. The van der Waals surface area contributed by atoms with Crippen LogP contribution in [0.2, 0.25) is 0 Å². The Bertz CT molecular complexity index is 5500. The zero-order valence-electron chi connectivity index (χ0n) is 94.1. The average molecular weight is 2050 g/mol. The predicted octanol–water partition coefficient (Wildman–Crippen LogP) is 17.4. The van der Waals surface area contributed by atoms with E-state index in [4.69, 9.17) is 35.2 Å². The molecule has 0 saturated carbocycles. The molecule has 0 amide bonds. The number of nitrogens with two attached hydrogens (primary N) is 2. The van der Waals surface area contributed by atoms with Crippen LogP contribution >= 0.6 is 0 Å². The number of aryl methyl sites for hydroxylation is 4. The molecule has 814 valence electrons. The third kappa shape index (κ3) is 37.5. The molecular formula is C119H178BN23O7. The van der Waals surface area contributed by atoms with Gasteiger partial charge in [-0.15, -0.1) is 0 Å². The molecule has 0 radical (unpaired) electrons. The number of hydrogen-bond acceptors (Lipinski definition) is 30. The van der Waals surface area contributed by atoms with Gasteiger partial charge in [-0.1, -0.05) is 30.4 Å². The fourth-order valence-electron chi connectivity index (χ4n) is 22.1. The molecule has 9 aromatic rings. The zero-order valence-corrected chi connectivity index (χ0v) is 94.1. The number of carbonyl (C=O) groups excluding carboxylic acids is 1. The first-order valence-corrected chi connectivity index (χ1v) is 55.0. The Balaban J connectivity index is 0.000000158. The van der Waals surface area contributed by atoms with Crippen molar-refractivity contribution in [3.63, 3.8) is 0 Å². The van der Waals surface area contributed by atoms with Gasteiger partial charge in [-0.2, -0.15) is 5.26 Å². The molecule has 19 heterocycles. The zero-order chi connectivity index (χ0) is 107. The number of ketones is 1. The van der Waals surface area contributed by atoms with Gasteiger partial charge >= 0.3 is 85.1 Å². The van der Waals surface area contributed by atoms with Crippen LogP contribution in [0, 0.1) is 44.9 Å². The molecule has 30 nitrogen and oxygen atoms in total. The van der Waals surface area contributed by atoms with Gasteiger partial charge in [-0.3, -0.25) is 9.78 Å². The fraction of sp³-hybridized carbons (Fsp3) is 0.588. The molecule has 10 aliphatic heterocycles. The summed E-state index contributed by atoms with van der Waals surface area (Å²) in [6.07, 6.45) is 44.5. The fourth-order valence-corrected chi connectivity index (χ4v) is 22.1. The van der Waals surface area contributed by atoms with Gasteiger partial charge in [0.15, 0.2) is 5.78 Å². The van der Waals surface area contributed by atoms with Crippen molar-refractivity contribution in [1.82, 2.24) is 98.8 Å². The van der Waals surface area contributed by atoms with E-state index in [1.54, 1.807) is 72.5 Å². The van der Waals surface area contributed by atoms with E-state index in [0.29, 0.717) is 88.9 Å². The molecule has 0 unspecified atom stereocenters. The topological polar surface area (TPSA) is 321 Å². The van der Waals surface area contributed by atoms with E-state index in [0.717, 1.165) is 174 Å². The molecule has 11 aliphatic rings. The van der Waals surface area contributed by atoms with Crippen LogP contribution in [0.5, 0.6) is 35.1 Å². The number of aromatic hydroxyl groups is 1. The first kappa shape index (κ1) is 119. The summed E-state index contributed by atoms with van der Waals surface area (Å²) >= 11 is 0. The number of allylic oxidation sites excluding steroid dienone is 4. The minimum absolute atomic E-state index is 0.335. The van der Waals surface area contributed by atoms with Crippen LogP contribution in [0.1, 0.15) is 255 Å². The van der Waals surface area contributed by atoms with Crippen LogP contribution in [-0.4, -0.2) is 354 Å². The summed E-state index contributed by atoms with van der Waals surface area (Å²) in [6.45, 7) is 33.3. The Kier molecular flexibility index (Phi) is 49.6. The number of rotatable bonds is 15. The standard InChI is InChI=1S/4C13H20N2O.C12H15N3.C12H18N2O.C12H17NO.C11H16BNO.2C10H16N4/c1-10-4-7-14-13(16-3)12(10)11-5-8-15(2)9-6-11;1-10-8-13(16-3)14-9-12(10)11-4-6-15(2)7-5-11;1-10-8-12(9-14-13(10)16-3)11-4-6-15(2)7-5-11;1-10-8-12(13(16-3)14-9-10)11-4-6-15(2)7-5-11;1-15-8-5-12(10-13,6-9-15)11-4-2-3-7-14-11;1-14-8-5-10(6-9-14)11-4-3-7-13-12(11)15-2;1-13-8-6-10(7-9-13)11-4-2-3-5-12(11)14;1-13-7-4-9(5-8-13)11-10(14)3-2-6-12-11;1-14-6-3-8(4-7-14)10-12-5-2-9(11)13-10;1-14-6-3-8(4-7-14)9-2-5-12-10(11)13-9/h4,7,11H,5-6,8-9H2,1-3H3;3*8-9,11H,4-7H2,1-3H3;2-4,7H,5-6,8-9H2,1H3;3-4,7,10H,5-6,8-9H2,1-2H3;2-4,10H,5-9H2,1H3;2-3,6,9,14H,4-5,7-8H2,1H3;2*2,5,8H,3-4,6-7H2,1H3,(H2,11,12,13). The van der Waals surface area contributed by atoms with Crippen LogP contribution in [-0.2, 0) is 10.2 Å². The Hall–Kier alpha value is -10.9. The van der Waals surface area contributed by atoms with E-state index < -0.39 is 0 Å². The molecule has 0 aromatic carbocycles. The van der Waals surface area contributed by atoms with Crippen molar-refractivity contribution in [2.75, 3.05) is 248 Å². The van der Waals surface area contributed by atoms with Gasteiger partial charge in [0.05, 0.1) is 47.3 Å². The predicted molar refractivity (Wildman–Crippen MR) is 606 cm³/mol. The van der Waals surface area contributed by atoms with Crippen molar-refractivity contribution in [2.24, 2.45) is 5.92 Å². The molecule has 31 heteroatoms. The molecule has 10 saturated heterocycles. The number of nitrogens with zero attached hydrogens (tertiary/aromatic N) is 21. The van der Waals surface area contributed by atoms with E-state index in [1.165, 1.54) is 187 Å². The monoisotopic (exact) mass is 2050 g/mol. The number of nitrogen functional groups attached to an aromatic ring is 2. The first-order valence-electron chi connectivity index (χ1n) is 55.0. The number of likely N-dealkylation sites (tertiary alicyclic amines) is 10. The quantitative estimate of drug-likeness (QED) is 0.0858. The van der Waals surface area contributed by atoms with Crippen molar-refractivity contribution < 1.29 is 33.6 Å². The second kappa shape index (κ2) is 62.3. The van der Waals surface area contributed by atoms with Gasteiger partial charge in [-0.05, 0) is 442 Å². The minimum Gasteiger partial charge on any atom is -0.481 e. The van der Waals surface area contributed by atoms with Crippen molar-refractivity contribution in [2.45, 2.75) is 215 Å². The first-order chi connectivity index (χ1) is 72.5. The Morgan fingerprint density at radius 1 is 0.393 bits per heavy atom. The van der Waals surface area contributed by atoms with Gasteiger partial charge in [0.2, 0.25) is 35.3 Å². The van der Waals surface area contributed by atoms with E-state index in [-0.39, 0.29) is 5.41 Å². The Morgan fingerprint density at radius 3 is 1.35 bits per heavy atom. The van der Waals surface area contributed by atoms with Crippen molar-refractivity contribution in [1.29, 1.82) is 5.26 Å². The summed E-state index contributed by atoms with van der Waals surface area (Å²) in [7, 11) is 30.1. The van der Waals surface area contributed by atoms with Crippen LogP contribution in [0.25, 0.3) is 0 Å². The van der Waals surface area contributed by atoms with Gasteiger partial charge in [-0.25, -0.2) is 44.9 Å². The number of aromatic nitrogens is 10. The average Bonchev–Trinajstić information content (AvgIpc) is 0.804. The largest absolute Gasteiger partial charge is 0.481 e. The van der Waals surface area contributed by atoms with E-state index in [1.807, 2.05) is 98.4 Å². The Morgan fingerprint density at radius 2 is 0.860 bits per heavy atom. The molecule has 9 aromatic heterocycles. The number of anilines is 2. The number of piperidine rings is 10. The van der Waals surface area contributed by atoms with Crippen LogP contribution < -0.4 is 35.2 Å². The van der Waals surface area contributed by atoms with Gasteiger partial charge in [0.1, 0.15) is 17.1 Å². The summed E-state index contributed by atoms with van der Waals surface area (Å²) in [5.41, 5.74) is 26.7. The summed E-state index contributed by atoms with van der Waals surface area (Å²) in [5.74, 6) is 13.9. The van der Waals surface area contributed by atoms with Crippen molar-refractivity contribution in [3.8, 4) is 41.2 Å². The number of hydrogen-bond donors (Lipinski definition) is 3. The molecule has 1 aliphatic carbocycles. The van der Waals surface area contributed by atoms with Gasteiger partial charge < -0.3 is 79.3 Å². The number of pyridine rings is 6. The number of Topliss-reactive ketones (excluding diaryl/α,β-unsaturated/α-hetero) is 1. The molecule has 5 N–H and O–H groups in total. The van der Waals surface area contributed by atoms with E-state index in [2.05, 4.69) is 227 Å². The maximum absolute atomic E-state index is 11.6. The number of nitriles is 1. The van der Waals surface area contributed by atoms with Crippen LogP contribution in [0.15, 0.2) is 158 Å². The summed E-state index contributed by atoms with van der Waals surface area (Å²) in [6, 6.07) is 28.4. The van der Waals surface area contributed by atoms with Gasteiger partial charge in [0.25, 0.3) is 0 Å².